The zero-order valence-electron chi connectivity index (χ0n) is 28.4. The Morgan fingerprint density at radius 3 is 0.571 bits per heavy atom. The van der Waals surface area contributed by atoms with E-state index in [4.69, 9.17) is 0 Å². The minimum atomic E-state index is 1.07. The number of nitrogens with zero attached hydrogens (tertiary/aromatic N) is 5. The van der Waals surface area contributed by atoms with Gasteiger partial charge in [0.2, 0.25) is 0 Å². The molecule has 0 saturated carbocycles. The summed E-state index contributed by atoms with van der Waals surface area (Å²) in [5, 5.41) is 0. The zero-order valence-corrected chi connectivity index (χ0v) is 28.4. The second-order valence-electron chi connectivity index (χ2n) is 6.91. The van der Waals surface area contributed by atoms with Crippen molar-refractivity contribution in [2.24, 2.45) is 0 Å². The Balaban J connectivity index is -0.000000203. The normalized spacial score (nSPS) is 7.52. The van der Waals surface area contributed by atoms with Crippen molar-refractivity contribution in [3.63, 3.8) is 0 Å². The van der Waals surface area contributed by atoms with E-state index in [1.165, 1.54) is 0 Å². The van der Waals surface area contributed by atoms with E-state index in [0.717, 1.165) is 22.8 Å². The lowest BCUT2D eigenvalue weighted by atomic mass is 10.4. The van der Waals surface area contributed by atoms with Crippen LogP contribution in [0.3, 0.4) is 0 Å². The van der Waals surface area contributed by atoms with E-state index in [9.17, 15) is 0 Å². The van der Waals surface area contributed by atoms with Crippen LogP contribution in [0, 0.1) is 27.7 Å². The Hall–Kier alpha value is -4.25. The molecule has 0 radical (unpaired) electrons. The molecule has 5 heterocycles. The van der Waals surface area contributed by atoms with Gasteiger partial charge in [-0.3, -0.25) is 24.9 Å². The average Bonchev–Trinajstić information content (AvgIpc) is 3.08. The molecule has 5 aromatic rings. The minimum absolute atomic E-state index is 1.07. The van der Waals surface area contributed by atoms with Crippen LogP contribution in [0.2, 0.25) is 0 Å². The molecule has 42 heavy (non-hydrogen) atoms. The third-order valence-electron chi connectivity index (χ3n) is 3.82. The van der Waals surface area contributed by atoms with Crippen molar-refractivity contribution in [3.05, 3.63) is 151 Å². The van der Waals surface area contributed by atoms with E-state index in [2.05, 4.69) is 24.9 Å². The highest BCUT2D eigenvalue weighted by Crippen LogP contribution is 1.88. The summed E-state index contributed by atoms with van der Waals surface area (Å²) in [4.78, 5) is 19.7. The van der Waals surface area contributed by atoms with Crippen molar-refractivity contribution in [2.45, 2.75) is 83.1 Å². The van der Waals surface area contributed by atoms with E-state index < -0.39 is 0 Å². The Morgan fingerprint density at radius 2 is 0.500 bits per heavy atom. The van der Waals surface area contributed by atoms with E-state index in [-0.39, 0.29) is 0 Å². The molecule has 0 unspecified atom stereocenters. The Bertz CT molecular complexity index is 885. The molecule has 5 nitrogen and oxygen atoms in total. The number of aryl methyl sites for hydroxylation is 4. The maximum Gasteiger partial charge on any atom is 0.0372 e. The molecule has 0 bridgehead atoms. The first-order chi connectivity index (χ1) is 20.6. The van der Waals surface area contributed by atoms with Crippen LogP contribution in [0.25, 0.3) is 0 Å². The summed E-state index contributed by atoms with van der Waals surface area (Å²) in [5.41, 5.74) is 4.29. The van der Waals surface area contributed by atoms with Gasteiger partial charge in [0.25, 0.3) is 0 Å². The molecule has 0 amide bonds. The first kappa shape index (κ1) is 44.8. The first-order valence-corrected chi connectivity index (χ1v) is 14.9. The first-order valence-electron chi connectivity index (χ1n) is 14.9. The van der Waals surface area contributed by atoms with Gasteiger partial charge in [0.05, 0.1) is 0 Å². The van der Waals surface area contributed by atoms with Gasteiger partial charge in [0.15, 0.2) is 0 Å². The fourth-order valence-electron chi connectivity index (χ4n) is 2.11. The average molecular weight is 572 g/mol. The van der Waals surface area contributed by atoms with Gasteiger partial charge >= 0.3 is 0 Å². The molecule has 0 N–H and O–H groups in total. The van der Waals surface area contributed by atoms with Gasteiger partial charge in [-0.1, -0.05) is 85.7 Å². The molecule has 5 aromatic heterocycles. The molecule has 0 atom stereocenters. The second kappa shape index (κ2) is 41.2. The van der Waals surface area contributed by atoms with Gasteiger partial charge in [-0.25, -0.2) is 0 Å². The van der Waals surface area contributed by atoms with Crippen LogP contribution in [0.15, 0.2) is 128 Å². The molecule has 0 fully saturated rings. The number of hydrogen-bond acceptors (Lipinski definition) is 5. The Labute approximate surface area is 258 Å². The van der Waals surface area contributed by atoms with Gasteiger partial charge in [-0.2, -0.15) is 0 Å². The van der Waals surface area contributed by atoms with Crippen molar-refractivity contribution in [3.8, 4) is 0 Å². The summed E-state index contributed by atoms with van der Waals surface area (Å²) in [6.07, 6.45) is 10.6. The van der Waals surface area contributed by atoms with Crippen molar-refractivity contribution in [1.29, 1.82) is 0 Å². The standard InChI is InChI=1S/4C6H7N.C5H5N.4C2H6/c4*1-6-4-2-3-5-7-6;1-2-4-6-5-3-1;4*1-2/h4*2-5H,1H3;1-5H;4*1-2H3. The van der Waals surface area contributed by atoms with E-state index in [0.29, 0.717) is 0 Å². The van der Waals surface area contributed by atoms with Crippen molar-refractivity contribution in [1.82, 2.24) is 24.9 Å². The lowest BCUT2D eigenvalue weighted by Crippen LogP contribution is -1.72. The van der Waals surface area contributed by atoms with Crippen LogP contribution in [0.5, 0.6) is 0 Å². The summed E-state index contributed by atoms with van der Waals surface area (Å²) in [5.74, 6) is 0. The number of pyridine rings is 5. The zero-order chi connectivity index (χ0) is 32.7. The van der Waals surface area contributed by atoms with Gasteiger partial charge in [-0.15, -0.1) is 0 Å². The maximum atomic E-state index is 3.98. The van der Waals surface area contributed by atoms with Crippen LogP contribution in [-0.4, -0.2) is 24.9 Å². The predicted molar refractivity (Wildman–Crippen MR) is 186 cm³/mol. The smallest absolute Gasteiger partial charge is 0.0372 e. The van der Waals surface area contributed by atoms with Gasteiger partial charge in [0.1, 0.15) is 0 Å². The summed E-state index contributed by atoms with van der Waals surface area (Å²) >= 11 is 0. The minimum Gasteiger partial charge on any atom is -0.265 e. The number of aromatic nitrogens is 5. The molecular weight excluding hydrogens is 514 g/mol. The summed E-state index contributed by atoms with van der Waals surface area (Å²) in [6, 6.07) is 29.1. The highest BCUT2D eigenvalue weighted by molar-refractivity contribution is 5.01. The largest absolute Gasteiger partial charge is 0.265 e. The van der Waals surface area contributed by atoms with E-state index >= 15 is 0 Å². The van der Waals surface area contributed by atoms with Crippen LogP contribution >= 0.6 is 0 Å². The molecule has 5 heteroatoms. The maximum absolute atomic E-state index is 3.98. The predicted octanol–water partition coefficient (Wildman–Crippen LogP) is 10.7. The Kier molecular flexibility index (Phi) is 43.9. The van der Waals surface area contributed by atoms with Crippen molar-refractivity contribution < 1.29 is 0 Å². The quantitative estimate of drug-likeness (QED) is 0.185. The summed E-state index contributed by atoms with van der Waals surface area (Å²) in [7, 11) is 0. The van der Waals surface area contributed by atoms with Crippen LogP contribution in [0.4, 0.5) is 0 Å². The lowest BCUT2D eigenvalue weighted by molar-refractivity contribution is 1.20. The molecular formula is C37H57N5. The molecule has 0 saturated heterocycles. The third kappa shape index (κ3) is 37.9. The van der Waals surface area contributed by atoms with Crippen molar-refractivity contribution >= 4 is 0 Å². The number of hydrogen-bond donors (Lipinski definition) is 0. The second-order valence-corrected chi connectivity index (χ2v) is 6.91. The van der Waals surface area contributed by atoms with Crippen LogP contribution in [-0.2, 0) is 0 Å². The molecule has 0 aliphatic rings. The lowest BCUT2D eigenvalue weighted by Gasteiger charge is -1.82. The molecule has 0 spiro atoms. The molecule has 0 aliphatic carbocycles. The summed E-state index contributed by atoms with van der Waals surface area (Å²) < 4.78 is 0. The molecule has 230 valence electrons. The fraction of sp³-hybridized carbons (Fsp3) is 0.324. The van der Waals surface area contributed by atoms with Crippen LogP contribution in [0.1, 0.15) is 78.2 Å². The van der Waals surface area contributed by atoms with Gasteiger partial charge < -0.3 is 0 Å². The SMILES string of the molecule is CC.CC.CC.CC.Cc1ccccn1.Cc1ccccn1.Cc1ccccn1.Cc1ccccn1.c1ccncc1. The van der Waals surface area contributed by atoms with Crippen LogP contribution < -0.4 is 0 Å². The van der Waals surface area contributed by atoms with Gasteiger partial charge in [-0.05, 0) is 88.4 Å². The third-order valence-corrected chi connectivity index (χ3v) is 3.82. The van der Waals surface area contributed by atoms with E-state index in [1.807, 2.05) is 174 Å². The molecule has 5 rings (SSSR count). The van der Waals surface area contributed by atoms with Gasteiger partial charge in [0, 0.05) is 60.0 Å². The fourth-order valence-corrected chi connectivity index (χ4v) is 2.11. The highest BCUT2D eigenvalue weighted by atomic mass is 14.7. The monoisotopic (exact) mass is 571 g/mol. The van der Waals surface area contributed by atoms with E-state index in [1.54, 1.807) is 37.2 Å². The highest BCUT2D eigenvalue weighted by Gasteiger charge is 1.75. The molecule has 0 aromatic carbocycles. The van der Waals surface area contributed by atoms with Crippen molar-refractivity contribution in [2.75, 3.05) is 0 Å². The molecule has 0 aliphatic heterocycles. The summed E-state index contributed by atoms with van der Waals surface area (Å²) in [6.45, 7) is 23.9. The topological polar surface area (TPSA) is 64.5 Å². The Morgan fingerprint density at radius 1 is 0.286 bits per heavy atom. The number of rotatable bonds is 0.